The van der Waals surface area contributed by atoms with Crippen LogP contribution < -0.4 is 51.4 Å². The minimum absolute atomic E-state index is 0.0259. The van der Waals surface area contributed by atoms with Gasteiger partial charge >= 0.3 is 11.9 Å². The second-order valence-corrected chi connectivity index (χ2v) is 28.8. The van der Waals surface area contributed by atoms with E-state index < -0.39 is 95.7 Å². The van der Waals surface area contributed by atoms with Crippen LogP contribution in [-0.4, -0.2) is 163 Å². The summed E-state index contributed by atoms with van der Waals surface area (Å²) in [6, 6.07) is 8.32. The lowest BCUT2D eigenvalue weighted by Crippen LogP contribution is -2.49. The number of nitro groups is 2. The third kappa shape index (κ3) is 16.8. The second-order valence-electron chi connectivity index (χ2n) is 25.4. The second kappa shape index (κ2) is 31.9. The lowest BCUT2D eigenvalue weighted by molar-refractivity contribution is -0.385. The summed E-state index contributed by atoms with van der Waals surface area (Å²) in [4.78, 5) is 101. The van der Waals surface area contributed by atoms with Gasteiger partial charge in [0.15, 0.2) is 31.8 Å². The first-order valence-electron chi connectivity index (χ1n) is 32.1. The molecule has 2 aliphatic heterocycles. The Morgan fingerprint density at radius 3 is 1.37 bits per heavy atom. The highest BCUT2D eigenvalue weighted by atomic mass is 35.5. The zero-order valence-corrected chi connectivity index (χ0v) is 59.5. The Bertz CT molecular complexity index is 4260. The maximum atomic E-state index is 16.3. The number of carboxylic acid groups (broad SMARTS) is 1. The van der Waals surface area contributed by atoms with Crippen LogP contribution in [0.4, 0.5) is 31.5 Å². The van der Waals surface area contributed by atoms with Crippen molar-refractivity contribution in [2.45, 2.75) is 145 Å². The number of nitrogens with zero attached hydrogens (tertiary/aromatic N) is 6. The van der Waals surface area contributed by atoms with Crippen LogP contribution in [0, 0.1) is 59.6 Å². The number of aromatic nitrogens is 2. The number of hydrogen-bond donors (Lipinski definition) is 8. The SMILES string of the molecule is CC(Cl)(Cl)C(=O)N[C@H](CO)[C@H](O)c1ccc([N+](=O)[O-])cc1.COc1c(N2CCNC(C)C2)c(F)c(C)c2c(=O)c(C(=O)O)c(C)n(C3CC3)c12.COc1c(N2CCNC(C)C2)c(F)c(C)c2c(=O)c(C(=O)OCC[C@@H](NC(=O)C(C)(Cl)Cl)[C@H](O)c3ccc([N+](=O)[O-])cc3)c(C)n(C3CC3)c12. The molecule has 0 radical (unpaired) electrons. The van der Waals surface area contributed by atoms with Crippen LogP contribution in [0.5, 0.6) is 11.5 Å². The van der Waals surface area contributed by atoms with E-state index >= 15 is 8.78 Å². The summed E-state index contributed by atoms with van der Waals surface area (Å²) in [7, 11) is 2.91. The predicted octanol–water partition coefficient (Wildman–Crippen LogP) is 8.66. The van der Waals surface area contributed by atoms with Gasteiger partial charge in [0.05, 0.1) is 77.3 Å². The lowest BCUT2D eigenvalue weighted by atomic mass is 9.99. The molecular weight excluding hydrogens is 1400 g/mol. The molecule has 2 unspecified atom stereocenters. The van der Waals surface area contributed by atoms with Crippen molar-refractivity contribution in [3.05, 3.63) is 146 Å². The number of non-ortho nitro benzene ring substituents is 2. The van der Waals surface area contributed by atoms with Gasteiger partial charge in [-0.05, 0) is 116 Å². The first-order chi connectivity index (χ1) is 47.0. The molecule has 27 nitrogen and oxygen atoms in total. The number of alkyl halides is 4. The van der Waals surface area contributed by atoms with Gasteiger partial charge in [-0.15, -0.1) is 0 Å². The van der Waals surface area contributed by atoms with Crippen molar-refractivity contribution in [3.63, 3.8) is 0 Å². The van der Waals surface area contributed by atoms with Gasteiger partial charge in [0.2, 0.25) is 10.9 Å². The monoisotopic (exact) mass is 1470 g/mol. The number of amides is 2. The van der Waals surface area contributed by atoms with Crippen molar-refractivity contribution in [2.75, 3.05) is 76.5 Å². The minimum Gasteiger partial charge on any atom is -0.492 e. The number of aliphatic hydroxyl groups excluding tert-OH is 3. The molecule has 6 aromatic rings. The van der Waals surface area contributed by atoms with Crippen LogP contribution in [0.1, 0.15) is 138 Å². The molecular formula is C67H80Cl4F2N10O17. The van der Waals surface area contributed by atoms with E-state index in [1.807, 2.05) is 32.8 Å². The van der Waals surface area contributed by atoms with Crippen LogP contribution in [0.25, 0.3) is 21.8 Å². The highest BCUT2D eigenvalue weighted by Crippen LogP contribution is 2.48. The number of aryl methyl sites for hydroxylation is 2. The molecule has 0 spiro atoms. The lowest BCUT2D eigenvalue weighted by Gasteiger charge is -2.35. The molecule has 4 aromatic carbocycles. The predicted molar refractivity (Wildman–Crippen MR) is 373 cm³/mol. The molecule has 10 rings (SSSR count). The first-order valence-corrected chi connectivity index (χ1v) is 33.6. The van der Waals surface area contributed by atoms with Gasteiger partial charge in [-0.2, -0.15) is 0 Å². The van der Waals surface area contributed by atoms with E-state index in [1.54, 1.807) is 20.8 Å². The van der Waals surface area contributed by atoms with Gasteiger partial charge in [-0.1, -0.05) is 46.4 Å². The van der Waals surface area contributed by atoms with Gasteiger partial charge < -0.3 is 74.8 Å². The summed E-state index contributed by atoms with van der Waals surface area (Å²) < 4.78 is 49.2. The van der Waals surface area contributed by atoms with Crippen molar-refractivity contribution in [1.82, 2.24) is 30.4 Å². The number of esters is 1. The van der Waals surface area contributed by atoms with Crippen molar-refractivity contribution < 1.29 is 72.4 Å². The van der Waals surface area contributed by atoms with E-state index in [0.29, 0.717) is 78.7 Å². The Kier molecular flexibility index (Phi) is 24.8. The Hall–Kier alpha value is -8.00. The standard InChI is InChI=1S/C34H40Cl2FN5O8.C21H26FN3O4.C12H14Cl2N2O5/c1-17-16-40(14-13-38-17)28-26(37)18(2)24-27(31(28)49-5)41(21-10-11-21)19(3)25(30(24)44)32(45)50-15-12-23(39-33(46)34(4,35)36)29(43)20-6-8-22(9-7-20)42(47)48;1-10-9-24(8-7-23-10)18-16(22)11(2)14-17(20(18)29-4)25(13-5-6-13)12(3)15(19(14)26)21(27)28;1-12(13,14)11(19)15-9(6-17)10(18)7-2-4-8(5-3-7)16(20)21/h6-9,17,21,23,29,38,43H,10-16H2,1-5H3,(H,39,46);10,13,23H,5-9H2,1-4H3,(H,27,28);2-5,9-10,17-18H,6H2,1H3,(H,15,19)/t17?,23-,29-;;9-,10-/m1.1/s1. The molecule has 2 saturated carbocycles. The Morgan fingerprint density at radius 2 is 1.03 bits per heavy atom. The average molecular weight is 1480 g/mol. The molecule has 33 heteroatoms. The highest BCUT2D eigenvalue weighted by molar-refractivity contribution is 6.58. The zero-order valence-electron chi connectivity index (χ0n) is 56.5. The van der Waals surface area contributed by atoms with E-state index in [2.05, 4.69) is 21.3 Å². The van der Waals surface area contributed by atoms with Crippen molar-refractivity contribution >= 4 is 115 Å². The molecule has 6 atom stereocenters. The molecule has 2 saturated heterocycles. The summed E-state index contributed by atoms with van der Waals surface area (Å²) in [5, 5.41) is 73.4. The number of ether oxygens (including phenoxy) is 3. The van der Waals surface area contributed by atoms with Crippen molar-refractivity contribution in [1.29, 1.82) is 0 Å². The number of aliphatic hydroxyl groups is 3. The van der Waals surface area contributed by atoms with Crippen molar-refractivity contribution in [3.8, 4) is 11.5 Å². The van der Waals surface area contributed by atoms with Crippen LogP contribution >= 0.6 is 46.4 Å². The number of carboxylic acids is 1. The molecule has 4 aliphatic rings. The maximum Gasteiger partial charge on any atom is 0.343 e. The number of methoxy groups -OCH3 is 2. The number of pyridine rings is 2. The maximum absolute atomic E-state index is 16.3. The topological polar surface area (TPSA) is 362 Å². The van der Waals surface area contributed by atoms with Crippen LogP contribution in [0.3, 0.4) is 0 Å². The molecule has 100 heavy (non-hydrogen) atoms. The average Bonchev–Trinajstić information content (AvgIpc) is 1.23. The normalized spacial score (nSPS) is 17.6. The molecule has 0 bridgehead atoms. The Morgan fingerprint density at radius 1 is 0.660 bits per heavy atom. The molecule has 8 N–H and O–H groups in total. The fourth-order valence-electron chi connectivity index (χ4n) is 12.6. The smallest absolute Gasteiger partial charge is 0.343 e. The molecule has 542 valence electrons. The number of benzene rings is 4. The van der Waals surface area contributed by atoms with E-state index in [1.165, 1.54) is 83.5 Å². The van der Waals surface area contributed by atoms with Gasteiger partial charge in [-0.25, -0.2) is 18.4 Å². The van der Waals surface area contributed by atoms with Crippen LogP contribution in [0.2, 0.25) is 0 Å². The quantitative estimate of drug-likeness (QED) is 0.0136. The number of anilines is 2. The van der Waals surface area contributed by atoms with Crippen LogP contribution in [-0.2, 0) is 14.3 Å². The van der Waals surface area contributed by atoms with E-state index in [9.17, 15) is 69.4 Å². The summed E-state index contributed by atoms with van der Waals surface area (Å²) in [5.74, 6) is -4.45. The highest BCUT2D eigenvalue weighted by Gasteiger charge is 2.40. The van der Waals surface area contributed by atoms with Crippen molar-refractivity contribution in [2.24, 2.45) is 0 Å². The van der Waals surface area contributed by atoms with Gasteiger partial charge in [0.1, 0.15) is 28.6 Å². The minimum atomic E-state index is -1.86. The zero-order chi connectivity index (χ0) is 73.9. The summed E-state index contributed by atoms with van der Waals surface area (Å²) in [5.41, 5.74) is 0.830. The molecule has 2 aromatic heterocycles. The number of nitro benzene ring substituents is 2. The number of nitrogens with one attached hydrogen (secondary N) is 4. The molecule has 4 fully saturated rings. The number of rotatable bonds is 22. The summed E-state index contributed by atoms with van der Waals surface area (Å²) in [6.45, 7) is 15.6. The van der Waals surface area contributed by atoms with E-state index in [-0.39, 0.29) is 98.6 Å². The largest absolute Gasteiger partial charge is 0.492 e. The third-order valence-electron chi connectivity index (χ3n) is 18.0. The number of carbonyl (C=O) groups excluding carboxylic acids is 3. The number of aromatic carboxylic acids is 1. The van der Waals surface area contributed by atoms with E-state index in [0.717, 1.165) is 25.7 Å². The fourth-order valence-corrected chi connectivity index (χ4v) is 12.8. The van der Waals surface area contributed by atoms with E-state index in [4.69, 9.17) is 60.6 Å². The number of piperazine rings is 2. The number of hydrogen-bond acceptors (Lipinski definition) is 20. The fraction of sp³-hybridized carbons (Fsp3) is 0.493. The van der Waals surface area contributed by atoms with Gasteiger partial charge in [-0.3, -0.25) is 39.4 Å². The van der Waals surface area contributed by atoms with Gasteiger partial charge in [0, 0.05) is 117 Å². The first kappa shape index (κ1) is 77.7. The number of halogens is 6. The molecule has 2 aliphatic carbocycles. The third-order valence-corrected chi connectivity index (χ3v) is 18.6. The molecule has 4 heterocycles. The number of fused-ring (bicyclic) bond motifs is 2. The summed E-state index contributed by atoms with van der Waals surface area (Å²) >= 11 is 23.1. The Balaban J connectivity index is 0.000000214. The Labute approximate surface area is 592 Å². The molecule has 2 amide bonds. The summed E-state index contributed by atoms with van der Waals surface area (Å²) in [6.07, 6.45) is 0.514. The number of carbonyl (C=O) groups is 4. The van der Waals surface area contributed by atoms with Gasteiger partial charge in [0.25, 0.3) is 23.2 Å². The van der Waals surface area contributed by atoms with Crippen LogP contribution in [0.15, 0.2) is 58.1 Å².